The Kier molecular flexibility index (Phi) is 4.81. The van der Waals surface area contributed by atoms with Crippen LogP contribution in [0.4, 0.5) is 10.8 Å². The fourth-order valence-corrected chi connectivity index (χ4v) is 3.96. The summed E-state index contributed by atoms with van der Waals surface area (Å²) in [6, 6.07) is 7.97. The van der Waals surface area contributed by atoms with Crippen molar-refractivity contribution in [2.45, 2.75) is 12.8 Å². The molecule has 1 amide bonds. The molecule has 2 aliphatic rings. The second kappa shape index (κ2) is 7.22. The van der Waals surface area contributed by atoms with Crippen LogP contribution in [0.2, 0.25) is 5.02 Å². The molecule has 2 aromatic rings. The minimum Gasteiger partial charge on any atom is -0.368 e. The number of thiazole rings is 1. The van der Waals surface area contributed by atoms with Gasteiger partial charge in [-0.3, -0.25) is 4.79 Å². The number of halogens is 1. The van der Waals surface area contributed by atoms with Gasteiger partial charge in [-0.2, -0.15) is 0 Å². The molecule has 25 heavy (non-hydrogen) atoms. The van der Waals surface area contributed by atoms with Crippen molar-refractivity contribution in [2.24, 2.45) is 5.92 Å². The molecule has 0 radical (unpaired) electrons. The normalized spacial score (nSPS) is 17.6. The van der Waals surface area contributed by atoms with Gasteiger partial charge in [0.05, 0.1) is 0 Å². The van der Waals surface area contributed by atoms with Gasteiger partial charge in [0.2, 0.25) is 0 Å². The molecule has 2 heterocycles. The zero-order valence-corrected chi connectivity index (χ0v) is 15.5. The van der Waals surface area contributed by atoms with Gasteiger partial charge < -0.3 is 15.1 Å². The van der Waals surface area contributed by atoms with E-state index >= 15 is 0 Å². The van der Waals surface area contributed by atoms with Crippen LogP contribution in [0.3, 0.4) is 0 Å². The number of nitrogens with one attached hydrogen (secondary N) is 1. The molecule has 1 aliphatic heterocycles. The Hall–Kier alpha value is -1.79. The van der Waals surface area contributed by atoms with Gasteiger partial charge in [0.1, 0.15) is 5.69 Å². The summed E-state index contributed by atoms with van der Waals surface area (Å²) in [5, 5.41) is 6.54. The predicted molar refractivity (Wildman–Crippen MR) is 103 cm³/mol. The first-order chi connectivity index (χ1) is 12.2. The van der Waals surface area contributed by atoms with E-state index in [9.17, 15) is 4.79 Å². The molecular weight excluding hydrogens is 356 g/mol. The van der Waals surface area contributed by atoms with Gasteiger partial charge in [-0.15, -0.1) is 11.3 Å². The minimum atomic E-state index is -0.0470. The number of carbonyl (C=O) groups excluding carboxylic acids is 1. The van der Waals surface area contributed by atoms with E-state index in [0.717, 1.165) is 42.9 Å². The number of hydrogen-bond donors (Lipinski definition) is 1. The summed E-state index contributed by atoms with van der Waals surface area (Å²) in [5.41, 5.74) is 1.74. The number of anilines is 2. The highest BCUT2D eigenvalue weighted by molar-refractivity contribution is 7.13. The molecule has 7 heteroatoms. The molecule has 1 aliphatic carbocycles. The maximum Gasteiger partial charge on any atom is 0.270 e. The van der Waals surface area contributed by atoms with Gasteiger partial charge in [-0.1, -0.05) is 11.6 Å². The summed E-state index contributed by atoms with van der Waals surface area (Å²) in [5.74, 6) is 0.636. The average Bonchev–Trinajstić information content (AvgIpc) is 3.34. The number of amides is 1. The zero-order chi connectivity index (χ0) is 17.2. The number of piperazine rings is 1. The SMILES string of the molecule is O=C(NCC1CC1)c1csc(N2CCN(c3ccc(Cl)cc3)CC2)n1. The lowest BCUT2D eigenvalue weighted by atomic mass is 10.2. The standard InChI is InChI=1S/C18H21ClN4OS/c19-14-3-5-15(6-4-14)22-7-9-23(10-8-22)18-21-16(12-25-18)17(24)20-11-13-1-2-13/h3-6,12-13H,1-2,7-11H2,(H,20,24). The third kappa shape index (κ3) is 4.07. The van der Waals surface area contributed by atoms with Crippen molar-refractivity contribution < 1.29 is 4.79 Å². The fourth-order valence-electron chi connectivity index (χ4n) is 2.97. The lowest BCUT2D eigenvalue weighted by Crippen LogP contribution is -2.46. The molecule has 1 aromatic carbocycles. The molecule has 4 rings (SSSR count). The Morgan fingerprint density at radius 2 is 1.84 bits per heavy atom. The fraction of sp³-hybridized carbons (Fsp3) is 0.444. The Balaban J connectivity index is 1.32. The monoisotopic (exact) mass is 376 g/mol. The highest BCUT2D eigenvalue weighted by Gasteiger charge is 2.24. The molecule has 0 bridgehead atoms. The van der Waals surface area contributed by atoms with Crippen molar-refractivity contribution in [1.29, 1.82) is 0 Å². The Labute approximate surface area is 156 Å². The quantitative estimate of drug-likeness (QED) is 0.870. The number of rotatable bonds is 5. The summed E-state index contributed by atoms with van der Waals surface area (Å²) < 4.78 is 0. The van der Waals surface area contributed by atoms with E-state index in [1.54, 1.807) is 11.3 Å². The maximum absolute atomic E-state index is 12.1. The molecule has 5 nitrogen and oxygen atoms in total. The maximum atomic E-state index is 12.1. The highest BCUT2D eigenvalue weighted by Crippen LogP contribution is 2.28. The second-order valence-corrected chi connectivity index (χ2v) is 7.89. The van der Waals surface area contributed by atoms with Gasteiger partial charge in [-0.05, 0) is 43.0 Å². The number of nitrogens with zero attached hydrogens (tertiary/aromatic N) is 3. The molecule has 1 saturated carbocycles. The highest BCUT2D eigenvalue weighted by atomic mass is 35.5. The van der Waals surface area contributed by atoms with E-state index in [4.69, 9.17) is 11.6 Å². The lowest BCUT2D eigenvalue weighted by Gasteiger charge is -2.36. The Morgan fingerprint density at radius 1 is 1.16 bits per heavy atom. The number of aromatic nitrogens is 1. The third-order valence-corrected chi connectivity index (χ3v) is 5.87. The predicted octanol–water partition coefficient (Wildman–Crippen LogP) is 3.26. The van der Waals surface area contributed by atoms with Gasteiger partial charge in [-0.25, -0.2) is 4.98 Å². The number of hydrogen-bond acceptors (Lipinski definition) is 5. The average molecular weight is 377 g/mol. The summed E-state index contributed by atoms with van der Waals surface area (Å²) in [7, 11) is 0. The van der Waals surface area contributed by atoms with E-state index in [0.29, 0.717) is 11.6 Å². The first-order valence-electron chi connectivity index (χ1n) is 8.68. The van der Waals surface area contributed by atoms with Crippen molar-refractivity contribution in [3.8, 4) is 0 Å². The molecular formula is C18H21ClN4OS. The summed E-state index contributed by atoms with van der Waals surface area (Å²) in [4.78, 5) is 21.3. The first-order valence-corrected chi connectivity index (χ1v) is 9.94. The molecule has 132 valence electrons. The van der Waals surface area contributed by atoms with Crippen LogP contribution >= 0.6 is 22.9 Å². The van der Waals surface area contributed by atoms with Crippen molar-refractivity contribution in [2.75, 3.05) is 42.5 Å². The molecule has 1 N–H and O–H groups in total. The Morgan fingerprint density at radius 3 is 2.52 bits per heavy atom. The van der Waals surface area contributed by atoms with Crippen molar-refractivity contribution >= 4 is 39.7 Å². The van der Waals surface area contributed by atoms with E-state index in [-0.39, 0.29) is 5.91 Å². The topological polar surface area (TPSA) is 48.5 Å². The van der Waals surface area contributed by atoms with Crippen LogP contribution in [0.1, 0.15) is 23.3 Å². The number of benzene rings is 1. The van der Waals surface area contributed by atoms with Crippen LogP contribution in [-0.4, -0.2) is 43.6 Å². The van der Waals surface area contributed by atoms with Crippen LogP contribution < -0.4 is 15.1 Å². The molecule has 0 atom stereocenters. The molecule has 0 spiro atoms. The zero-order valence-electron chi connectivity index (χ0n) is 13.9. The smallest absolute Gasteiger partial charge is 0.270 e. The third-order valence-electron chi connectivity index (χ3n) is 4.71. The van der Waals surface area contributed by atoms with Crippen molar-refractivity contribution in [3.05, 3.63) is 40.4 Å². The largest absolute Gasteiger partial charge is 0.368 e. The minimum absolute atomic E-state index is 0.0470. The van der Waals surface area contributed by atoms with E-state index in [1.165, 1.54) is 18.5 Å². The van der Waals surface area contributed by atoms with Crippen molar-refractivity contribution in [1.82, 2.24) is 10.3 Å². The number of carbonyl (C=O) groups is 1. The summed E-state index contributed by atoms with van der Waals surface area (Å²) in [6.07, 6.45) is 2.47. The molecule has 2 fully saturated rings. The lowest BCUT2D eigenvalue weighted by molar-refractivity contribution is 0.0947. The van der Waals surface area contributed by atoms with Crippen LogP contribution in [0, 0.1) is 5.92 Å². The molecule has 1 aromatic heterocycles. The molecule has 0 unspecified atom stereocenters. The van der Waals surface area contributed by atoms with Gasteiger partial charge in [0.25, 0.3) is 5.91 Å². The Bertz CT molecular complexity index is 736. The van der Waals surface area contributed by atoms with Crippen LogP contribution in [0.5, 0.6) is 0 Å². The summed E-state index contributed by atoms with van der Waals surface area (Å²) in [6.45, 7) is 4.46. The van der Waals surface area contributed by atoms with Crippen LogP contribution in [0.25, 0.3) is 0 Å². The van der Waals surface area contributed by atoms with Crippen LogP contribution in [0.15, 0.2) is 29.6 Å². The first kappa shape index (κ1) is 16.7. The van der Waals surface area contributed by atoms with Gasteiger partial charge in [0.15, 0.2) is 5.13 Å². The van der Waals surface area contributed by atoms with E-state index in [1.807, 2.05) is 17.5 Å². The summed E-state index contributed by atoms with van der Waals surface area (Å²) >= 11 is 7.51. The van der Waals surface area contributed by atoms with E-state index in [2.05, 4.69) is 32.2 Å². The van der Waals surface area contributed by atoms with Gasteiger partial charge >= 0.3 is 0 Å². The van der Waals surface area contributed by atoms with Gasteiger partial charge in [0, 0.05) is 48.8 Å². The van der Waals surface area contributed by atoms with Crippen molar-refractivity contribution in [3.63, 3.8) is 0 Å². The molecule has 1 saturated heterocycles. The van der Waals surface area contributed by atoms with E-state index < -0.39 is 0 Å². The van der Waals surface area contributed by atoms with Crippen LogP contribution in [-0.2, 0) is 0 Å². The second-order valence-electron chi connectivity index (χ2n) is 6.62.